The Bertz CT molecular complexity index is 746. The molecule has 172 valence electrons. The van der Waals surface area contributed by atoms with Crippen LogP contribution in [0.2, 0.25) is 0 Å². The van der Waals surface area contributed by atoms with Crippen molar-refractivity contribution in [3.05, 3.63) is 29.8 Å². The van der Waals surface area contributed by atoms with E-state index in [9.17, 15) is 21.6 Å². The fourth-order valence-electron chi connectivity index (χ4n) is 4.09. The van der Waals surface area contributed by atoms with E-state index in [1.54, 1.807) is 0 Å². The van der Waals surface area contributed by atoms with Crippen LogP contribution in [0.1, 0.15) is 44.6 Å². The number of sulfonamides is 1. The van der Waals surface area contributed by atoms with Crippen molar-refractivity contribution in [2.45, 2.75) is 50.1 Å². The molecule has 1 aromatic carbocycles. The number of aliphatic hydroxyl groups is 1. The van der Waals surface area contributed by atoms with Crippen molar-refractivity contribution in [3.8, 4) is 0 Å². The molecule has 0 spiro atoms. The maximum atomic E-state index is 12.7. The van der Waals surface area contributed by atoms with E-state index in [1.807, 2.05) is 0 Å². The number of benzene rings is 1. The normalized spacial score (nSPS) is 20.8. The summed E-state index contributed by atoms with van der Waals surface area (Å²) in [5.41, 5.74) is -0.858. The van der Waals surface area contributed by atoms with Crippen LogP contribution in [0.3, 0.4) is 0 Å². The van der Waals surface area contributed by atoms with E-state index in [0.717, 1.165) is 69.5 Å². The molecule has 0 aromatic heterocycles. The second-order valence-electron chi connectivity index (χ2n) is 8.14. The van der Waals surface area contributed by atoms with E-state index >= 15 is 0 Å². The van der Waals surface area contributed by atoms with E-state index in [2.05, 4.69) is 11.8 Å². The number of alkyl halides is 3. The maximum absolute atomic E-state index is 12.7. The van der Waals surface area contributed by atoms with Crippen molar-refractivity contribution in [1.82, 2.24) is 9.21 Å². The minimum atomic E-state index is -4.49. The zero-order chi connectivity index (χ0) is 22.4. The van der Waals surface area contributed by atoms with Crippen LogP contribution in [0.5, 0.6) is 0 Å². The lowest BCUT2D eigenvalue weighted by Crippen LogP contribution is -2.34. The van der Waals surface area contributed by atoms with E-state index in [1.165, 1.54) is 11.4 Å². The Kier molecular flexibility index (Phi) is 9.14. The molecule has 0 unspecified atom stereocenters. The molecule has 0 amide bonds. The molecular formula is C21H33F3N2O3S. The van der Waals surface area contributed by atoms with Gasteiger partial charge in [-0.05, 0) is 68.5 Å². The fourth-order valence-corrected chi connectivity index (χ4v) is 5.34. The molecule has 5 nitrogen and oxygen atoms in total. The first-order valence-corrected chi connectivity index (χ1v) is 12.0. The van der Waals surface area contributed by atoms with Crippen LogP contribution in [-0.4, -0.2) is 62.6 Å². The Morgan fingerprint density at radius 1 is 1.03 bits per heavy atom. The summed E-state index contributed by atoms with van der Waals surface area (Å²) in [6.45, 7) is 5.21. The zero-order valence-electron chi connectivity index (χ0n) is 17.7. The third-order valence-electron chi connectivity index (χ3n) is 6.09. The first-order valence-electron chi connectivity index (χ1n) is 10.5. The van der Waals surface area contributed by atoms with Gasteiger partial charge in [-0.1, -0.05) is 19.8 Å². The van der Waals surface area contributed by atoms with E-state index in [0.29, 0.717) is 19.0 Å². The number of halogens is 3. The molecule has 0 radical (unpaired) electrons. The van der Waals surface area contributed by atoms with Gasteiger partial charge in [0.15, 0.2) is 0 Å². The zero-order valence-corrected chi connectivity index (χ0v) is 18.6. The predicted octanol–water partition coefficient (Wildman–Crippen LogP) is 3.84. The van der Waals surface area contributed by atoms with Crippen molar-refractivity contribution < 1.29 is 26.7 Å². The van der Waals surface area contributed by atoms with Gasteiger partial charge in [0.1, 0.15) is 0 Å². The second-order valence-corrected chi connectivity index (χ2v) is 10.2. The summed E-state index contributed by atoms with van der Waals surface area (Å²) in [7, 11) is -2.32. The summed E-state index contributed by atoms with van der Waals surface area (Å²) in [6, 6.07) is 3.67. The van der Waals surface area contributed by atoms with E-state index < -0.39 is 21.8 Å². The Labute approximate surface area is 177 Å². The van der Waals surface area contributed by atoms with Crippen LogP contribution in [0, 0.1) is 11.8 Å². The van der Waals surface area contributed by atoms with Crippen LogP contribution in [0.25, 0.3) is 0 Å². The van der Waals surface area contributed by atoms with Gasteiger partial charge >= 0.3 is 6.18 Å². The number of rotatable bonds is 10. The second kappa shape index (κ2) is 10.9. The average molecular weight is 451 g/mol. The summed E-state index contributed by atoms with van der Waals surface area (Å²) in [5, 5.41) is 9.08. The minimum Gasteiger partial charge on any atom is -0.395 e. The Morgan fingerprint density at radius 3 is 2.10 bits per heavy atom. The fraction of sp³-hybridized carbons (Fsp3) is 0.714. The van der Waals surface area contributed by atoms with Crippen molar-refractivity contribution in [2.75, 3.05) is 39.8 Å². The number of hydrogen-bond donors (Lipinski definition) is 1. The highest BCUT2D eigenvalue weighted by Gasteiger charge is 2.32. The van der Waals surface area contributed by atoms with Crippen molar-refractivity contribution in [2.24, 2.45) is 11.8 Å². The molecule has 0 heterocycles. The molecule has 2 rings (SSSR count). The maximum Gasteiger partial charge on any atom is 0.416 e. The Hall–Kier alpha value is -1.16. The van der Waals surface area contributed by atoms with Crippen LogP contribution in [0.4, 0.5) is 13.2 Å². The number of hydrogen-bond acceptors (Lipinski definition) is 4. The third kappa shape index (κ3) is 6.93. The molecule has 0 saturated heterocycles. The van der Waals surface area contributed by atoms with Gasteiger partial charge in [-0.25, -0.2) is 12.7 Å². The van der Waals surface area contributed by atoms with Crippen LogP contribution >= 0.6 is 0 Å². The average Bonchev–Trinajstić information content (AvgIpc) is 2.71. The standard InChI is InChI=1S/C21H33F3N2O3S/c1-3-26(14-15-27)13-12-17-4-6-18(7-5-17)16-25(2)30(28,29)20-10-8-19(9-11-20)21(22,23)24/h8-11,17-18,27H,3-7,12-16H2,1-2H3/t17-,18-. The summed E-state index contributed by atoms with van der Waals surface area (Å²) >= 11 is 0. The summed E-state index contributed by atoms with van der Waals surface area (Å²) < 4.78 is 64.8. The van der Waals surface area contributed by atoms with Crippen LogP contribution in [-0.2, 0) is 16.2 Å². The third-order valence-corrected chi connectivity index (χ3v) is 7.93. The molecule has 1 aliphatic carbocycles. The van der Waals surface area contributed by atoms with Gasteiger partial charge in [0.05, 0.1) is 17.1 Å². The largest absolute Gasteiger partial charge is 0.416 e. The SMILES string of the molecule is CCN(CCO)CC[C@H]1CC[C@H](CN(C)S(=O)(=O)c2ccc(C(F)(F)F)cc2)CC1. The molecule has 9 heteroatoms. The number of aliphatic hydroxyl groups excluding tert-OH is 1. The van der Waals surface area contributed by atoms with Crippen molar-refractivity contribution >= 4 is 10.0 Å². The molecule has 1 saturated carbocycles. The summed E-state index contributed by atoms with van der Waals surface area (Å²) in [4.78, 5) is 2.12. The Morgan fingerprint density at radius 2 is 1.60 bits per heavy atom. The number of likely N-dealkylation sites (N-methyl/N-ethyl adjacent to an activating group) is 1. The van der Waals surface area contributed by atoms with Gasteiger partial charge in [0.2, 0.25) is 10.0 Å². The molecule has 1 N–H and O–H groups in total. The molecule has 1 aromatic rings. The highest BCUT2D eigenvalue weighted by Crippen LogP contribution is 2.33. The minimum absolute atomic E-state index is 0.116. The molecular weight excluding hydrogens is 417 g/mol. The van der Waals surface area contributed by atoms with E-state index in [-0.39, 0.29) is 17.4 Å². The lowest BCUT2D eigenvalue weighted by atomic mass is 9.80. The first-order chi connectivity index (χ1) is 14.1. The highest BCUT2D eigenvalue weighted by molar-refractivity contribution is 7.89. The van der Waals surface area contributed by atoms with Crippen molar-refractivity contribution in [3.63, 3.8) is 0 Å². The Balaban J connectivity index is 1.85. The van der Waals surface area contributed by atoms with Crippen LogP contribution in [0.15, 0.2) is 29.2 Å². The topological polar surface area (TPSA) is 60.9 Å². The lowest BCUT2D eigenvalue weighted by molar-refractivity contribution is -0.137. The number of nitrogens with zero attached hydrogens (tertiary/aromatic N) is 2. The smallest absolute Gasteiger partial charge is 0.395 e. The highest BCUT2D eigenvalue weighted by atomic mass is 32.2. The molecule has 0 aliphatic heterocycles. The molecule has 0 bridgehead atoms. The molecule has 0 atom stereocenters. The molecule has 1 fully saturated rings. The monoisotopic (exact) mass is 450 g/mol. The lowest BCUT2D eigenvalue weighted by Gasteiger charge is -2.32. The summed E-state index contributed by atoms with van der Waals surface area (Å²) in [5.74, 6) is 0.876. The van der Waals surface area contributed by atoms with Crippen LogP contribution < -0.4 is 0 Å². The van der Waals surface area contributed by atoms with E-state index in [4.69, 9.17) is 5.11 Å². The molecule has 30 heavy (non-hydrogen) atoms. The van der Waals surface area contributed by atoms with Gasteiger partial charge in [0.25, 0.3) is 0 Å². The van der Waals surface area contributed by atoms with Gasteiger partial charge in [-0.15, -0.1) is 0 Å². The predicted molar refractivity (Wildman–Crippen MR) is 111 cm³/mol. The van der Waals surface area contributed by atoms with Gasteiger partial charge in [-0.2, -0.15) is 13.2 Å². The quantitative estimate of drug-likeness (QED) is 0.589. The molecule has 1 aliphatic rings. The van der Waals surface area contributed by atoms with Gasteiger partial charge in [-0.3, -0.25) is 0 Å². The van der Waals surface area contributed by atoms with Gasteiger partial charge in [0, 0.05) is 20.1 Å². The van der Waals surface area contributed by atoms with Crippen molar-refractivity contribution in [1.29, 1.82) is 0 Å². The summed E-state index contributed by atoms with van der Waals surface area (Å²) in [6.07, 6.45) is 0.595. The van der Waals surface area contributed by atoms with Gasteiger partial charge < -0.3 is 10.0 Å². The first kappa shape index (κ1) is 25.1.